The summed E-state index contributed by atoms with van der Waals surface area (Å²) in [6, 6.07) is 3.98. The van der Waals surface area contributed by atoms with Crippen molar-refractivity contribution in [2.45, 2.75) is 0 Å². The first kappa shape index (κ1) is 4.53. The summed E-state index contributed by atoms with van der Waals surface area (Å²) < 4.78 is 0. The van der Waals surface area contributed by atoms with Gasteiger partial charge in [-0.3, -0.25) is 4.79 Å². The van der Waals surface area contributed by atoms with Crippen LogP contribution < -0.4 is 5.43 Å². The molecule has 0 saturated heterocycles. The van der Waals surface area contributed by atoms with Crippen LogP contribution in [0.3, 0.4) is 0 Å². The van der Waals surface area contributed by atoms with Gasteiger partial charge in [0.2, 0.25) is 0 Å². The van der Waals surface area contributed by atoms with Crippen LogP contribution in [-0.2, 0) is 0 Å². The zero-order valence-electron chi connectivity index (χ0n) is 3.55. The molecule has 0 unspecified atom stereocenters. The van der Waals surface area contributed by atoms with Gasteiger partial charge in [-0.05, 0) is 11.4 Å². The minimum absolute atomic E-state index is 0.0428. The summed E-state index contributed by atoms with van der Waals surface area (Å²) in [6.45, 7) is 0. The van der Waals surface area contributed by atoms with Crippen LogP contribution in [0.5, 0.6) is 0 Å². The Labute approximate surface area is 45.2 Å². The van der Waals surface area contributed by atoms with Gasteiger partial charge in [0.15, 0.2) is 5.43 Å². The molecule has 7 heavy (non-hydrogen) atoms. The lowest BCUT2D eigenvalue weighted by Gasteiger charge is -1.68. The van der Waals surface area contributed by atoms with Crippen molar-refractivity contribution in [1.29, 1.82) is 0 Å². The molecule has 0 aromatic carbocycles. The summed E-state index contributed by atoms with van der Waals surface area (Å²) in [5, 5.41) is 3.38. The molecule has 35 valence electrons. The average molecular weight is 111 g/mol. The molecule has 0 aliphatic carbocycles. The van der Waals surface area contributed by atoms with Crippen LogP contribution in [0.4, 0.5) is 0 Å². The standard InChI is InChI=1S/C5H3OS/c6-5-1-3-7-4-2-5/h1,3-4H. The maximum Gasteiger partial charge on any atom is 0.188 e. The Morgan fingerprint density at radius 1 is 1.71 bits per heavy atom. The molecule has 0 N–H and O–H groups in total. The second kappa shape index (κ2) is 1.89. The van der Waals surface area contributed by atoms with Crippen molar-refractivity contribution in [3.05, 3.63) is 33.1 Å². The molecule has 0 fully saturated rings. The van der Waals surface area contributed by atoms with E-state index in [-0.39, 0.29) is 5.43 Å². The van der Waals surface area contributed by atoms with E-state index in [1.165, 1.54) is 17.4 Å². The van der Waals surface area contributed by atoms with E-state index in [9.17, 15) is 4.79 Å². The molecule has 0 bridgehead atoms. The molecule has 0 atom stereocenters. The topological polar surface area (TPSA) is 17.1 Å². The molecule has 1 rings (SSSR count). The lowest BCUT2D eigenvalue weighted by atomic mass is 10.6. The summed E-state index contributed by atoms with van der Waals surface area (Å²) in [4.78, 5) is 10.2. The first-order chi connectivity index (χ1) is 3.39. The van der Waals surface area contributed by atoms with E-state index >= 15 is 0 Å². The van der Waals surface area contributed by atoms with Crippen LogP contribution in [0.2, 0.25) is 0 Å². The van der Waals surface area contributed by atoms with Gasteiger partial charge in [-0.2, -0.15) is 11.3 Å². The smallest absolute Gasteiger partial charge is 0.188 e. The Kier molecular flexibility index (Phi) is 1.22. The predicted molar refractivity (Wildman–Crippen MR) is 29.4 cm³/mol. The monoisotopic (exact) mass is 111 g/mol. The first-order valence-electron chi connectivity index (χ1n) is 1.84. The van der Waals surface area contributed by atoms with E-state index in [0.717, 1.165) is 0 Å². The van der Waals surface area contributed by atoms with Crippen LogP contribution in [0.1, 0.15) is 0 Å². The van der Waals surface area contributed by atoms with Gasteiger partial charge in [-0.15, -0.1) is 0 Å². The van der Waals surface area contributed by atoms with Crippen LogP contribution in [0.25, 0.3) is 0 Å². The molecule has 1 aromatic rings. The molecule has 0 aliphatic rings. The van der Waals surface area contributed by atoms with Gasteiger partial charge in [-0.1, -0.05) is 0 Å². The van der Waals surface area contributed by atoms with Crippen molar-refractivity contribution in [3.63, 3.8) is 0 Å². The zero-order chi connectivity index (χ0) is 5.11. The Morgan fingerprint density at radius 3 is 2.86 bits per heavy atom. The highest BCUT2D eigenvalue weighted by atomic mass is 32.1. The molecule has 2 heteroatoms. The number of hydrogen-bond donors (Lipinski definition) is 0. The first-order valence-corrected chi connectivity index (χ1v) is 2.78. The van der Waals surface area contributed by atoms with Gasteiger partial charge in [0.25, 0.3) is 0 Å². The minimum atomic E-state index is -0.0428. The van der Waals surface area contributed by atoms with Gasteiger partial charge in [0.05, 0.1) is 0 Å². The fourth-order valence-corrected chi connectivity index (χ4v) is 0.746. The lowest BCUT2D eigenvalue weighted by molar-refractivity contribution is 1.66. The third kappa shape index (κ3) is 1.12. The molecule has 1 radical (unpaired) electrons. The van der Waals surface area contributed by atoms with Crippen LogP contribution in [-0.4, -0.2) is 0 Å². The van der Waals surface area contributed by atoms with E-state index < -0.39 is 0 Å². The van der Waals surface area contributed by atoms with Crippen LogP contribution in [0.15, 0.2) is 21.6 Å². The van der Waals surface area contributed by atoms with Crippen molar-refractivity contribution in [1.82, 2.24) is 0 Å². The van der Waals surface area contributed by atoms with Crippen molar-refractivity contribution in [2.24, 2.45) is 0 Å². The summed E-state index contributed by atoms with van der Waals surface area (Å²) in [7, 11) is 0. The third-order valence-corrected chi connectivity index (χ3v) is 1.11. The summed E-state index contributed by atoms with van der Waals surface area (Å²) in [5.41, 5.74) is -0.0428. The van der Waals surface area contributed by atoms with Gasteiger partial charge in [0.1, 0.15) is 0 Å². The van der Waals surface area contributed by atoms with Crippen molar-refractivity contribution in [2.75, 3.05) is 0 Å². The van der Waals surface area contributed by atoms with E-state index in [2.05, 4.69) is 6.07 Å². The Bertz CT molecular complexity index is 174. The minimum Gasteiger partial charge on any atom is -0.289 e. The van der Waals surface area contributed by atoms with Crippen molar-refractivity contribution >= 4 is 11.3 Å². The molecular weight excluding hydrogens is 108 g/mol. The highest BCUT2D eigenvalue weighted by Crippen LogP contribution is 1.84. The van der Waals surface area contributed by atoms with E-state index in [1.807, 2.05) is 0 Å². The van der Waals surface area contributed by atoms with Gasteiger partial charge >= 0.3 is 0 Å². The van der Waals surface area contributed by atoms with Crippen molar-refractivity contribution in [3.8, 4) is 0 Å². The average Bonchev–Trinajstić information content (AvgIpc) is 1.69. The normalized spacial score (nSPS) is 8.57. The molecule has 0 saturated carbocycles. The quantitative estimate of drug-likeness (QED) is 0.486. The van der Waals surface area contributed by atoms with E-state index in [4.69, 9.17) is 0 Å². The third-order valence-electron chi connectivity index (χ3n) is 0.567. The fourth-order valence-electron chi connectivity index (χ4n) is 0.281. The van der Waals surface area contributed by atoms with Gasteiger partial charge in [0, 0.05) is 11.4 Å². The van der Waals surface area contributed by atoms with Crippen LogP contribution >= 0.6 is 11.3 Å². The number of rotatable bonds is 0. The highest BCUT2D eigenvalue weighted by Gasteiger charge is 1.72. The van der Waals surface area contributed by atoms with E-state index in [0.29, 0.717) is 0 Å². The second-order valence-corrected chi connectivity index (χ2v) is 1.85. The van der Waals surface area contributed by atoms with Crippen molar-refractivity contribution < 1.29 is 0 Å². The van der Waals surface area contributed by atoms with Gasteiger partial charge < -0.3 is 0 Å². The molecular formula is C5H3OS. The Morgan fingerprint density at radius 2 is 2.57 bits per heavy atom. The molecule has 1 nitrogen and oxygen atoms in total. The zero-order valence-corrected chi connectivity index (χ0v) is 4.37. The lowest BCUT2D eigenvalue weighted by Crippen LogP contribution is -1.90. The SMILES string of the molecule is O=c1[c]cscc1. The largest absolute Gasteiger partial charge is 0.289 e. The fraction of sp³-hybridized carbons (Fsp3) is 0. The summed E-state index contributed by atoms with van der Waals surface area (Å²) in [6.07, 6.45) is 0. The van der Waals surface area contributed by atoms with Gasteiger partial charge in [-0.25, -0.2) is 0 Å². The Hall–Kier alpha value is -0.630. The molecule has 0 amide bonds. The number of hydrogen-bond acceptors (Lipinski definition) is 2. The molecule has 1 aromatic heterocycles. The highest BCUT2D eigenvalue weighted by molar-refractivity contribution is 7.07. The van der Waals surface area contributed by atoms with E-state index in [1.54, 1.807) is 10.8 Å². The predicted octanol–water partition coefficient (Wildman–Crippen LogP) is 0.908. The second-order valence-electron chi connectivity index (χ2n) is 1.07. The summed E-state index contributed by atoms with van der Waals surface area (Å²) >= 11 is 1.46. The Balaban J connectivity index is 3.28. The summed E-state index contributed by atoms with van der Waals surface area (Å²) in [5.74, 6) is 0. The maximum absolute atomic E-state index is 10.2. The molecule has 0 spiro atoms. The van der Waals surface area contributed by atoms with Crippen LogP contribution in [0, 0.1) is 6.07 Å². The maximum atomic E-state index is 10.2. The molecule has 1 heterocycles. The molecule has 0 aliphatic heterocycles.